The van der Waals surface area contributed by atoms with Crippen LogP contribution in [0.1, 0.15) is 21.2 Å². The van der Waals surface area contributed by atoms with Crippen molar-refractivity contribution in [3.05, 3.63) is 22.7 Å². The highest BCUT2D eigenvalue weighted by Crippen LogP contribution is 2.25. The monoisotopic (exact) mass is 253 g/mol. The molecule has 0 amide bonds. The highest BCUT2D eigenvalue weighted by atomic mass is 32.1. The van der Waals surface area contributed by atoms with E-state index in [2.05, 4.69) is 20.2 Å². The number of thiazole rings is 1. The Bertz CT molecular complexity index is 521. The van der Waals surface area contributed by atoms with Crippen LogP contribution in [-0.2, 0) is 6.54 Å². The van der Waals surface area contributed by atoms with Crippen molar-refractivity contribution >= 4 is 22.4 Å². The van der Waals surface area contributed by atoms with E-state index in [0.717, 1.165) is 0 Å². The fraction of sp³-hybridized carbons (Fsp3) is 0.333. The van der Waals surface area contributed by atoms with Crippen LogP contribution in [0.3, 0.4) is 0 Å². The molecule has 0 aliphatic carbocycles. The minimum atomic E-state index is -1.00. The molecular formula is C9H11N5O2S. The maximum atomic E-state index is 10.9. The van der Waals surface area contributed by atoms with Gasteiger partial charge in [-0.1, -0.05) is 0 Å². The molecule has 0 aliphatic rings. The van der Waals surface area contributed by atoms with E-state index in [0.29, 0.717) is 22.4 Å². The normalized spacial score (nSPS) is 10.5. The first-order chi connectivity index (χ1) is 8.08. The first kappa shape index (κ1) is 11.5. The van der Waals surface area contributed by atoms with Crippen LogP contribution in [-0.4, -0.2) is 38.3 Å². The van der Waals surface area contributed by atoms with Crippen LogP contribution in [0.2, 0.25) is 0 Å². The van der Waals surface area contributed by atoms with E-state index in [1.54, 1.807) is 6.92 Å². The molecule has 7 nitrogen and oxygen atoms in total. The van der Waals surface area contributed by atoms with Gasteiger partial charge in [-0.3, -0.25) is 5.10 Å². The number of carbonyl (C=O) groups is 1. The molecule has 0 atom stereocenters. The minimum absolute atomic E-state index is 0.106. The van der Waals surface area contributed by atoms with Gasteiger partial charge in [0.25, 0.3) is 0 Å². The number of hydrogen-bond acceptors (Lipinski definition) is 6. The van der Waals surface area contributed by atoms with Gasteiger partial charge in [-0.2, -0.15) is 5.10 Å². The number of H-pyrrole nitrogens is 1. The summed E-state index contributed by atoms with van der Waals surface area (Å²) in [5.74, 6) is -0.296. The van der Waals surface area contributed by atoms with Crippen molar-refractivity contribution < 1.29 is 9.90 Å². The lowest BCUT2D eigenvalue weighted by molar-refractivity contribution is 0.0690. The number of hydrogen-bond donors (Lipinski definition) is 2. The van der Waals surface area contributed by atoms with E-state index in [-0.39, 0.29) is 5.69 Å². The highest BCUT2D eigenvalue weighted by Gasteiger charge is 2.16. The summed E-state index contributed by atoms with van der Waals surface area (Å²) < 4.78 is 0. The summed E-state index contributed by atoms with van der Waals surface area (Å²) in [5, 5.41) is 16.0. The zero-order valence-electron chi connectivity index (χ0n) is 9.34. The maximum absolute atomic E-state index is 10.9. The molecule has 0 fully saturated rings. The summed E-state index contributed by atoms with van der Waals surface area (Å²) in [6, 6.07) is 0. The van der Waals surface area contributed by atoms with Crippen LogP contribution in [0.4, 0.5) is 5.13 Å². The number of aryl methyl sites for hydroxylation is 1. The number of aromatic carboxylic acids is 1. The second kappa shape index (κ2) is 4.50. The Balaban J connectivity index is 2.17. The van der Waals surface area contributed by atoms with Gasteiger partial charge in [0.05, 0.1) is 6.54 Å². The number of aromatic nitrogens is 4. The Morgan fingerprint density at radius 1 is 1.65 bits per heavy atom. The lowest BCUT2D eigenvalue weighted by Gasteiger charge is -2.12. The molecule has 2 heterocycles. The predicted molar refractivity (Wildman–Crippen MR) is 62.3 cm³/mol. The zero-order valence-corrected chi connectivity index (χ0v) is 10.2. The number of carboxylic acid groups (broad SMARTS) is 1. The van der Waals surface area contributed by atoms with Crippen molar-refractivity contribution in [2.45, 2.75) is 13.5 Å². The van der Waals surface area contributed by atoms with Gasteiger partial charge in [-0.15, -0.1) is 11.3 Å². The lowest BCUT2D eigenvalue weighted by Crippen LogP contribution is -2.17. The average molecular weight is 253 g/mol. The quantitative estimate of drug-likeness (QED) is 0.840. The van der Waals surface area contributed by atoms with Crippen molar-refractivity contribution in [2.75, 3.05) is 11.9 Å². The maximum Gasteiger partial charge on any atom is 0.355 e. The second-order valence-electron chi connectivity index (χ2n) is 3.49. The van der Waals surface area contributed by atoms with Gasteiger partial charge in [0.1, 0.15) is 12.2 Å². The van der Waals surface area contributed by atoms with Crippen LogP contribution in [0.5, 0.6) is 0 Å². The number of anilines is 1. The molecule has 0 radical (unpaired) electrons. The molecule has 0 bridgehead atoms. The molecule has 17 heavy (non-hydrogen) atoms. The minimum Gasteiger partial charge on any atom is -0.476 e. The Labute approximate surface area is 101 Å². The Kier molecular flexibility index (Phi) is 3.05. The van der Waals surface area contributed by atoms with Gasteiger partial charge >= 0.3 is 5.97 Å². The number of nitrogens with one attached hydrogen (secondary N) is 1. The van der Waals surface area contributed by atoms with E-state index in [9.17, 15) is 4.79 Å². The molecule has 2 aromatic heterocycles. The fourth-order valence-electron chi connectivity index (χ4n) is 1.34. The van der Waals surface area contributed by atoms with Gasteiger partial charge in [-0.05, 0) is 6.92 Å². The zero-order chi connectivity index (χ0) is 12.4. The Hall–Kier alpha value is -1.96. The summed E-state index contributed by atoms with van der Waals surface area (Å²) in [4.78, 5) is 21.5. The van der Waals surface area contributed by atoms with Crippen LogP contribution in [0.25, 0.3) is 0 Å². The van der Waals surface area contributed by atoms with Gasteiger partial charge in [0.2, 0.25) is 0 Å². The van der Waals surface area contributed by atoms with Crippen molar-refractivity contribution in [3.8, 4) is 0 Å². The molecule has 0 aliphatic heterocycles. The fourth-order valence-corrected chi connectivity index (χ4v) is 2.20. The first-order valence-corrected chi connectivity index (χ1v) is 5.65. The van der Waals surface area contributed by atoms with Crippen molar-refractivity contribution in [2.24, 2.45) is 0 Å². The Morgan fingerprint density at radius 2 is 2.41 bits per heavy atom. The molecule has 0 unspecified atom stereocenters. The second-order valence-corrected chi connectivity index (χ2v) is 4.68. The van der Waals surface area contributed by atoms with Crippen LogP contribution >= 0.6 is 11.3 Å². The van der Waals surface area contributed by atoms with Gasteiger partial charge < -0.3 is 10.0 Å². The third-order valence-corrected chi connectivity index (χ3v) is 3.25. The van der Waals surface area contributed by atoms with Gasteiger partial charge in [0, 0.05) is 11.9 Å². The summed E-state index contributed by atoms with van der Waals surface area (Å²) in [5.41, 5.74) is 0.106. The predicted octanol–water partition coefficient (Wildman–Crippen LogP) is 0.904. The summed E-state index contributed by atoms with van der Waals surface area (Å²) >= 11 is 1.34. The lowest BCUT2D eigenvalue weighted by atomic mass is 10.4. The first-order valence-electron chi connectivity index (χ1n) is 4.84. The topological polar surface area (TPSA) is 95.0 Å². The Morgan fingerprint density at radius 3 is 2.94 bits per heavy atom. The van der Waals surface area contributed by atoms with E-state index in [4.69, 9.17) is 5.11 Å². The van der Waals surface area contributed by atoms with Crippen LogP contribution < -0.4 is 4.90 Å². The van der Waals surface area contributed by atoms with Crippen LogP contribution in [0.15, 0.2) is 6.33 Å². The highest BCUT2D eigenvalue weighted by molar-refractivity contribution is 7.15. The number of carboxylic acids is 1. The molecular weight excluding hydrogens is 242 g/mol. The average Bonchev–Trinajstić information content (AvgIpc) is 2.86. The molecule has 0 spiro atoms. The number of aromatic amines is 1. The molecule has 2 rings (SSSR count). The largest absolute Gasteiger partial charge is 0.476 e. The smallest absolute Gasteiger partial charge is 0.355 e. The number of nitrogens with zero attached hydrogens (tertiary/aromatic N) is 4. The van der Waals surface area contributed by atoms with E-state index in [1.165, 1.54) is 17.7 Å². The third kappa shape index (κ3) is 2.41. The molecule has 0 aromatic carbocycles. The van der Waals surface area contributed by atoms with E-state index in [1.807, 2.05) is 11.9 Å². The SMILES string of the molecule is Cc1sc(N(C)Cc2ncn[nH]2)nc1C(=O)O. The van der Waals surface area contributed by atoms with Gasteiger partial charge in [-0.25, -0.2) is 14.8 Å². The summed E-state index contributed by atoms with van der Waals surface area (Å²) in [6.07, 6.45) is 1.43. The molecule has 8 heteroatoms. The van der Waals surface area contributed by atoms with E-state index < -0.39 is 5.97 Å². The number of rotatable bonds is 4. The van der Waals surface area contributed by atoms with Crippen molar-refractivity contribution in [1.82, 2.24) is 20.2 Å². The summed E-state index contributed by atoms with van der Waals surface area (Å²) in [7, 11) is 1.83. The van der Waals surface area contributed by atoms with Crippen molar-refractivity contribution in [3.63, 3.8) is 0 Å². The van der Waals surface area contributed by atoms with Crippen LogP contribution in [0, 0.1) is 6.92 Å². The molecule has 0 saturated heterocycles. The van der Waals surface area contributed by atoms with E-state index >= 15 is 0 Å². The van der Waals surface area contributed by atoms with Crippen molar-refractivity contribution in [1.29, 1.82) is 0 Å². The summed E-state index contributed by atoms with van der Waals surface area (Å²) in [6.45, 7) is 2.25. The molecule has 0 saturated carbocycles. The molecule has 2 N–H and O–H groups in total. The molecule has 2 aromatic rings. The standard InChI is InChI=1S/C9H11N5O2S/c1-5-7(8(15)16)12-9(17-5)14(2)3-6-10-4-11-13-6/h4H,3H2,1-2H3,(H,15,16)(H,10,11,13). The molecule has 90 valence electrons. The van der Waals surface area contributed by atoms with Gasteiger partial charge in [0.15, 0.2) is 10.8 Å². The third-order valence-electron chi connectivity index (χ3n) is 2.17.